The molecule has 0 aromatic heterocycles. The summed E-state index contributed by atoms with van der Waals surface area (Å²) in [7, 11) is 2.33. The van der Waals surface area contributed by atoms with E-state index in [4.69, 9.17) is 5.73 Å². The maximum atomic E-state index is 5.81. The average Bonchev–Trinajstić information content (AvgIpc) is 2.16. The van der Waals surface area contributed by atoms with Crippen LogP contribution in [0, 0.1) is 11.3 Å². The van der Waals surface area contributed by atoms with Crippen molar-refractivity contribution in [2.45, 2.75) is 64.5 Å². The summed E-state index contributed by atoms with van der Waals surface area (Å²) >= 11 is 0. The Morgan fingerprint density at radius 3 is 2.19 bits per heavy atom. The molecule has 16 heavy (non-hydrogen) atoms. The zero-order valence-corrected chi connectivity index (χ0v) is 11.2. The Labute approximate surface area is 101 Å². The van der Waals surface area contributed by atoms with E-state index in [0.29, 0.717) is 5.41 Å². The minimum absolute atomic E-state index is 0.588. The minimum Gasteiger partial charge on any atom is -0.330 e. The van der Waals surface area contributed by atoms with E-state index in [2.05, 4.69) is 25.8 Å². The highest BCUT2D eigenvalue weighted by Crippen LogP contribution is 2.40. The Kier molecular flexibility index (Phi) is 3.60. The Bertz CT molecular complexity index is 225. The largest absolute Gasteiger partial charge is 0.330 e. The van der Waals surface area contributed by atoms with Gasteiger partial charge in [0.2, 0.25) is 0 Å². The standard InChI is InChI=1S/C14H28N2/c1-14(2)8-6-12(7-9-14)16(3)13-5-4-11(13)10-15/h11-13H,4-10,15H2,1-3H3. The highest BCUT2D eigenvalue weighted by atomic mass is 15.2. The molecule has 2 aliphatic rings. The van der Waals surface area contributed by atoms with Gasteiger partial charge in [0.1, 0.15) is 0 Å². The van der Waals surface area contributed by atoms with E-state index in [9.17, 15) is 0 Å². The van der Waals surface area contributed by atoms with Crippen LogP contribution in [0.5, 0.6) is 0 Å². The van der Waals surface area contributed by atoms with Gasteiger partial charge in [-0.25, -0.2) is 0 Å². The summed E-state index contributed by atoms with van der Waals surface area (Å²) in [6.07, 6.45) is 8.28. The highest BCUT2D eigenvalue weighted by molar-refractivity contribution is 4.92. The molecule has 0 heterocycles. The SMILES string of the molecule is CN(C1CCC(C)(C)CC1)C1CCC1CN. The fourth-order valence-electron chi connectivity index (χ4n) is 3.42. The van der Waals surface area contributed by atoms with Crippen LogP contribution in [0.3, 0.4) is 0 Å². The molecule has 2 fully saturated rings. The molecule has 0 aliphatic heterocycles. The molecule has 0 spiro atoms. The van der Waals surface area contributed by atoms with E-state index < -0.39 is 0 Å². The van der Waals surface area contributed by atoms with Gasteiger partial charge in [0.15, 0.2) is 0 Å². The molecule has 0 aromatic carbocycles. The monoisotopic (exact) mass is 224 g/mol. The molecule has 2 N–H and O–H groups in total. The molecule has 0 aromatic rings. The number of hydrogen-bond donors (Lipinski definition) is 1. The first-order chi connectivity index (χ1) is 7.53. The predicted molar refractivity (Wildman–Crippen MR) is 69.4 cm³/mol. The molecule has 2 nitrogen and oxygen atoms in total. The zero-order chi connectivity index (χ0) is 11.8. The Balaban J connectivity index is 1.84. The summed E-state index contributed by atoms with van der Waals surface area (Å²) in [4.78, 5) is 2.65. The van der Waals surface area contributed by atoms with Crippen LogP contribution in [0.15, 0.2) is 0 Å². The van der Waals surface area contributed by atoms with Crippen molar-refractivity contribution < 1.29 is 0 Å². The second-order valence-electron chi connectivity index (χ2n) is 6.70. The smallest absolute Gasteiger partial charge is 0.0136 e. The van der Waals surface area contributed by atoms with Crippen LogP contribution in [0.2, 0.25) is 0 Å². The molecule has 94 valence electrons. The van der Waals surface area contributed by atoms with Crippen LogP contribution in [0.4, 0.5) is 0 Å². The molecule has 2 atom stereocenters. The van der Waals surface area contributed by atoms with Gasteiger partial charge >= 0.3 is 0 Å². The van der Waals surface area contributed by atoms with Crippen LogP contribution in [0.1, 0.15) is 52.4 Å². The molecule has 2 saturated carbocycles. The van der Waals surface area contributed by atoms with E-state index in [-0.39, 0.29) is 0 Å². The van der Waals surface area contributed by atoms with Crippen LogP contribution < -0.4 is 5.73 Å². The number of rotatable bonds is 3. The summed E-state index contributed by atoms with van der Waals surface area (Å²) < 4.78 is 0. The van der Waals surface area contributed by atoms with E-state index in [0.717, 1.165) is 24.5 Å². The number of nitrogens with zero attached hydrogens (tertiary/aromatic N) is 1. The summed E-state index contributed by atoms with van der Waals surface area (Å²) in [6, 6.07) is 1.61. The van der Waals surface area contributed by atoms with Crippen molar-refractivity contribution in [3.05, 3.63) is 0 Å². The Morgan fingerprint density at radius 2 is 1.75 bits per heavy atom. The minimum atomic E-state index is 0.588. The van der Waals surface area contributed by atoms with Gasteiger partial charge in [-0.3, -0.25) is 0 Å². The van der Waals surface area contributed by atoms with Gasteiger partial charge in [-0.15, -0.1) is 0 Å². The van der Waals surface area contributed by atoms with Gasteiger partial charge in [-0.05, 0) is 63.5 Å². The fourth-order valence-corrected chi connectivity index (χ4v) is 3.42. The predicted octanol–water partition coefficient (Wildman–Crippen LogP) is 2.62. The van der Waals surface area contributed by atoms with Crippen LogP contribution >= 0.6 is 0 Å². The second-order valence-corrected chi connectivity index (χ2v) is 6.70. The van der Waals surface area contributed by atoms with Crippen molar-refractivity contribution in [1.29, 1.82) is 0 Å². The quantitative estimate of drug-likeness (QED) is 0.798. The van der Waals surface area contributed by atoms with Gasteiger partial charge in [-0.2, -0.15) is 0 Å². The Morgan fingerprint density at radius 1 is 1.12 bits per heavy atom. The van der Waals surface area contributed by atoms with Gasteiger partial charge in [-0.1, -0.05) is 13.8 Å². The van der Waals surface area contributed by atoms with Crippen LogP contribution in [-0.2, 0) is 0 Å². The average molecular weight is 224 g/mol. The third-order valence-electron chi connectivity index (χ3n) is 5.09. The van der Waals surface area contributed by atoms with Crippen LogP contribution in [-0.4, -0.2) is 30.6 Å². The molecule has 2 aliphatic carbocycles. The summed E-state index contributed by atoms with van der Waals surface area (Å²) in [5.41, 5.74) is 6.40. The molecule has 2 unspecified atom stereocenters. The first-order valence-electron chi connectivity index (χ1n) is 6.95. The molecular weight excluding hydrogens is 196 g/mol. The topological polar surface area (TPSA) is 29.3 Å². The van der Waals surface area contributed by atoms with Gasteiger partial charge in [0, 0.05) is 12.1 Å². The second kappa shape index (κ2) is 4.66. The normalized spacial score (nSPS) is 35.1. The van der Waals surface area contributed by atoms with Crippen molar-refractivity contribution in [3.63, 3.8) is 0 Å². The van der Waals surface area contributed by atoms with Gasteiger partial charge in [0.05, 0.1) is 0 Å². The van der Waals surface area contributed by atoms with Crippen molar-refractivity contribution in [1.82, 2.24) is 4.90 Å². The third-order valence-corrected chi connectivity index (χ3v) is 5.09. The lowest BCUT2D eigenvalue weighted by Crippen LogP contribution is -2.52. The number of nitrogens with two attached hydrogens (primary N) is 1. The van der Waals surface area contributed by atoms with E-state index in [1.165, 1.54) is 38.5 Å². The van der Waals surface area contributed by atoms with E-state index >= 15 is 0 Å². The van der Waals surface area contributed by atoms with Gasteiger partial charge in [0.25, 0.3) is 0 Å². The molecule has 0 amide bonds. The summed E-state index contributed by atoms with van der Waals surface area (Å²) in [5, 5.41) is 0. The first kappa shape index (κ1) is 12.4. The third kappa shape index (κ3) is 2.43. The maximum Gasteiger partial charge on any atom is 0.0136 e. The summed E-state index contributed by atoms with van der Waals surface area (Å²) in [6.45, 7) is 5.71. The molecule has 0 radical (unpaired) electrons. The van der Waals surface area contributed by atoms with Crippen molar-refractivity contribution in [3.8, 4) is 0 Å². The zero-order valence-electron chi connectivity index (χ0n) is 11.2. The molecular formula is C14H28N2. The molecule has 0 saturated heterocycles. The molecule has 2 heteroatoms. The number of hydrogen-bond acceptors (Lipinski definition) is 2. The first-order valence-corrected chi connectivity index (χ1v) is 6.95. The van der Waals surface area contributed by atoms with Crippen molar-refractivity contribution >= 4 is 0 Å². The van der Waals surface area contributed by atoms with Crippen molar-refractivity contribution in [2.75, 3.05) is 13.6 Å². The van der Waals surface area contributed by atoms with Crippen LogP contribution in [0.25, 0.3) is 0 Å². The van der Waals surface area contributed by atoms with E-state index in [1.54, 1.807) is 0 Å². The lowest BCUT2D eigenvalue weighted by Gasteiger charge is -2.48. The fraction of sp³-hybridized carbons (Fsp3) is 1.00. The Hall–Kier alpha value is -0.0800. The maximum absolute atomic E-state index is 5.81. The van der Waals surface area contributed by atoms with Gasteiger partial charge < -0.3 is 10.6 Å². The molecule has 0 bridgehead atoms. The van der Waals surface area contributed by atoms with Crippen molar-refractivity contribution in [2.24, 2.45) is 17.1 Å². The lowest BCUT2D eigenvalue weighted by molar-refractivity contribution is 0.0243. The lowest BCUT2D eigenvalue weighted by atomic mass is 9.73. The highest BCUT2D eigenvalue weighted by Gasteiger charge is 2.37. The summed E-state index contributed by atoms with van der Waals surface area (Å²) in [5.74, 6) is 0.778. The molecule has 2 rings (SSSR count). The van der Waals surface area contributed by atoms with E-state index in [1.807, 2.05) is 0 Å².